The monoisotopic (exact) mass is 313 g/mol. The van der Waals surface area contributed by atoms with E-state index in [4.69, 9.17) is 4.74 Å². The molecule has 0 fully saturated rings. The first-order valence-electron chi connectivity index (χ1n) is 7.20. The zero-order valence-electron chi connectivity index (χ0n) is 12.4. The molecule has 0 radical (unpaired) electrons. The minimum Gasteiger partial charge on any atom is -0.487 e. The summed E-state index contributed by atoms with van der Waals surface area (Å²) in [6.07, 6.45) is 0. The van der Waals surface area contributed by atoms with Gasteiger partial charge in [-0.15, -0.1) is 5.10 Å². The molecule has 0 aliphatic heterocycles. The summed E-state index contributed by atoms with van der Waals surface area (Å²) in [5.74, 6) is 0.446. The third kappa shape index (κ3) is 3.73. The van der Waals surface area contributed by atoms with Gasteiger partial charge in [0.25, 0.3) is 0 Å². The average Bonchev–Trinajstić information content (AvgIpc) is 2.98. The third-order valence-electron chi connectivity index (χ3n) is 3.43. The molecule has 0 amide bonds. The fourth-order valence-corrected chi connectivity index (χ4v) is 2.21. The lowest BCUT2D eigenvalue weighted by molar-refractivity contribution is 0.262. The number of aliphatic hydroxyl groups is 1. The number of halogens is 1. The van der Waals surface area contributed by atoms with E-state index < -0.39 is 0 Å². The lowest BCUT2D eigenvalue weighted by atomic mass is 10.2. The Labute approximate surface area is 133 Å². The number of ether oxygens (including phenoxy) is 1. The lowest BCUT2D eigenvalue weighted by Gasteiger charge is -2.10. The summed E-state index contributed by atoms with van der Waals surface area (Å²) in [7, 11) is 0. The Kier molecular flexibility index (Phi) is 4.63. The first kappa shape index (κ1) is 15.2. The molecule has 0 atom stereocenters. The minimum absolute atomic E-state index is 0.211. The highest BCUT2D eigenvalue weighted by Crippen LogP contribution is 2.15. The summed E-state index contributed by atoms with van der Waals surface area (Å²) < 4.78 is 20.4. The molecule has 1 heterocycles. The molecule has 3 aromatic rings. The van der Waals surface area contributed by atoms with Gasteiger partial charge in [0.05, 0.1) is 13.2 Å². The van der Waals surface area contributed by atoms with Crippen molar-refractivity contribution in [2.75, 3.05) is 0 Å². The maximum atomic E-state index is 13.0. The predicted octanol–water partition coefficient (Wildman–Crippen LogP) is 2.54. The highest BCUT2D eigenvalue weighted by Gasteiger charge is 2.13. The molecule has 0 aliphatic carbocycles. The second-order valence-corrected chi connectivity index (χ2v) is 5.03. The minimum atomic E-state index is -0.281. The molecule has 1 N–H and O–H groups in total. The third-order valence-corrected chi connectivity index (χ3v) is 3.43. The van der Waals surface area contributed by atoms with Crippen LogP contribution in [0.4, 0.5) is 4.39 Å². The molecule has 5 nitrogen and oxygen atoms in total. The van der Waals surface area contributed by atoms with E-state index in [1.54, 1.807) is 16.8 Å². The molecule has 0 aliphatic rings. The molecule has 6 heteroatoms. The van der Waals surface area contributed by atoms with Gasteiger partial charge >= 0.3 is 0 Å². The number of hydrogen-bond donors (Lipinski definition) is 1. The van der Waals surface area contributed by atoms with Crippen molar-refractivity contribution >= 4 is 0 Å². The van der Waals surface area contributed by atoms with Crippen LogP contribution in [0.1, 0.15) is 17.0 Å². The fourth-order valence-electron chi connectivity index (χ4n) is 2.21. The van der Waals surface area contributed by atoms with Gasteiger partial charge in [0, 0.05) is 0 Å². The Balaban J connectivity index is 1.78. The average molecular weight is 313 g/mol. The molecular weight excluding hydrogens is 297 g/mol. The van der Waals surface area contributed by atoms with Gasteiger partial charge in [-0.3, -0.25) is 0 Å². The van der Waals surface area contributed by atoms with E-state index in [2.05, 4.69) is 10.3 Å². The van der Waals surface area contributed by atoms with Crippen LogP contribution in [0.15, 0.2) is 54.6 Å². The zero-order valence-corrected chi connectivity index (χ0v) is 12.4. The van der Waals surface area contributed by atoms with Gasteiger partial charge in [-0.1, -0.05) is 35.5 Å². The van der Waals surface area contributed by atoms with Gasteiger partial charge in [-0.2, -0.15) is 0 Å². The molecule has 23 heavy (non-hydrogen) atoms. The smallest absolute Gasteiger partial charge is 0.132 e. The zero-order chi connectivity index (χ0) is 16.1. The van der Waals surface area contributed by atoms with Gasteiger partial charge in [-0.25, -0.2) is 9.07 Å². The van der Waals surface area contributed by atoms with E-state index in [9.17, 15) is 9.50 Å². The van der Waals surface area contributed by atoms with Crippen molar-refractivity contribution in [3.05, 3.63) is 77.4 Å². The van der Waals surface area contributed by atoms with Crippen LogP contribution in [0, 0.1) is 5.82 Å². The summed E-state index contributed by atoms with van der Waals surface area (Å²) in [6.45, 7) is 0.464. The number of rotatable bonds is 6. The van der Waals surface area contributed by atoms with Gasteiger partial charge in [-0.05, 0) is 29.8 Å². The standard InChI is InChI=1S/C17H16FN3O2/c18-14-8-6-13(7-9-14)10-21-17(16(11-22)19-20-21)12-23-15-4-2-1-3-5-15/h1-9,22H,10-12H2. The second-order valence-electron chi connectivity index (χ2n) is 5.03. The predicted molar refractivity (Wildman–Crippen MR) is 82.2 cm³/mol. The van der Waals surface area contributed by atoms with Crippen LogP contribution in [-0.4, -0.2) is 20.1 Å². The quantitative estimate of drug-likeness (QED) is 0.760. The summed E-state index contributed by atoms with van der Waals surface area (Å²) in [5.41, 5.74) is 2.06. The van der Waals surface area contributed by atoms with E-state index >= 15 is 0 Å². The van der Waals surface area contributed by atoms with Gasteiger partial charge in [0.1, 0.15) is 29.6 Å². The number of hydrogen-bond acceptors (Lipinski definition) is 4. The van der Waals surface area contributed by atoms with E-state index in [0.29, 0.717) is 17.9 Å². The summed E-state index contributed by atoms with van der Waals surface area (Å²) in [4.78, 5) is 0. The SMILES string of the molecule is OCc1nnn(Cc2ccc(F)cc2)c1COc1ccccc1. The van der Waals surface area contributed by atoms with Crippen molar-refractivity contribution in [3.63, 3.8) is 0 Å². The largest absolute Gasteiger partial charge is 0.487 e. The number of benzene rings is 2. The Bertz CT molecular complexity index is 757. The Morgan fingerprint density at radius 1 is 1.04 bits per heavy atom. The van der Waals surface area contributed by atoms with Crippen molar-refractivity contribution in [1.82, 2.24) is 15.0 Å². The number of nitrogens with zero attached hydrogens (tertiary/aromatic N) is 3. The number of aromatic nitrogens is 3. The molecule has 2 aromatic carbocycles. The van der Waals surface area contributed by atoms with Crippen LogP contribution in [-0.2, 0) is 19.8 Å². The van der Waals surface area contributed by atoms with Crippen molar-refractivity contribution in [2.45, 2.75) is 19.8 Å². The van der Waals surface area contributed by atoms with E-state index in [1.807, 2.05) is 30.3 Å². The van der Waals surface area contributed by atoms with Crippen LogP contribution in [0.25, 0.3) is 0 Å². The summed E-state index contributed by atoms with van der Waals surface area (Å²) in [5, 5.41) is 17.4. The maximum Gasteiger partial charge on any atom is 0.132 e. The molecule has 0 bridgehead atoms. The topological polar surface area (TPSA) is 60.2 Å². The van der Waals surface area contributed by atoms with Crippen molar-refractivity contribution in [1.29, 1.82) is 0 Å². The summed E-state index contributed by atoms with van der Waals surface area (Å²) >= 11 is 0. The van der Waals surface area contributed by atoms with Crippen LogP contribution in [0.5, 0.6) is 5.75 Å². The van der Waals surface area contributed by atoms with Gasteiger partial charge in [0.15, 0.2) is 0 Å². The highest BCUT2D eigenvalue weighted by atomic mass is 19.1. The Hall–Kier alpha value is -2.73. The van der Waals surface area contributed by atoms with E-state index in [-0.39, 0.29) is 19.0 Å². The normalized spacial score (nSPS) is 10.7. The van der Waals surface area contributed by atoms with Crippen molar-refractivity contribution in [3.8, 4) is 5.75 Å². The Morgan fingerprint density at radius 3 is 2.48 bits per heavy atom. The lowest BCUT2D eigenvalue weighted by Crippen LogP contribution is -2.10. The van der Waals surface area contributed by atoms with Crippen LogP contribution in [0.2, 0.25) is 0 Å². The second kappa shape index (κ2) is 7.02. The molecule has 0 saturated carbocycles. The fraction of sp³-hybridized carbons (Fsp3) is 0.176. The van der Waals surface area contributed by atoms with Crippen molar-refractivity contribution in [2.24, 2.45) is 0 Å². The van der Waals surface area contributed by atoms with E-state index in [0.717, 1.165) is 11.3 Å². The molecule has 0 saturated heterocycles. The number of aliphatic hydroxyl groups excluding tert-OH is 1. The number of para-hydroxylation sites is 1. The Morgan fingerprint density at radius 2 is 1.78 bits per heavy atom. The molecule has 3 rings (SSSR count). The molecule has 0 unspecified atom stereocenters. The van der Waals surface area contributed by atoms with Gasteiger partial charge < -0.3 is 9.84 Å². The molecular formula is C17H16FN3O2. The van der Waals surface area contributed by atoms with E-state index in [1.165, 1.54) is 12.1 Å². The molecule has 0 spiro atoms. The van der Waals surface area contributed by atoms with Crippen LogP contribution < -0.4 is 4.74 Å². The summed E-state index contributed by atoms with van der Waals surface area (Å²) in [6, 6.07) is 15.6. The van der Waals surface area contributed by atoms with Gasteiger partial charge in [0.2, 0.25) is 0 Å². The first-order chi connectivity index (χ1) is 11.3. The highest BCUT2D eigenvalue weighted by molar-refractivity contribution is 5.22. The van der Waals surface area contributed by atoms with Crippen LogP contribution >= 0.6 is 0 Å². The molecule has 1 aromatic heterocycles. The maximum absolute atomic E-state index is 13.0. The molecule has 118 valence electrons. The van der Waals surface area contributed by atoms with Crippen LogP contribution in [0.3, 0.4) is 0 Å². The van der Waals surface area contributed by atoms with Crippen molar-refractivity contribution < 1.29 is 14.2 Å². The first-order valence-corrected chi connectivity index (χ1v) is 7.20.